The number of hydrogen-bond acceptors (Lipinski definition) is 4. The zero-order valence-electron chi connectivity index (χ0n) is 15.6. The molecule has 2 atom stereocenters. The van der Waals surface area contributed by atoms with E-state index in [1.807, 2.05) is 18.2 Å². The number of carbonyl (C=O) groups is 2. The average Bonchev–Trinajstić information content (AvgIpc) is 3.21. The number of rotatable bonds is 6. The highest BCUT2D eigenvalue weighted by atomic mass is 16.2. The van der Waals surface area contributed by atoms with Gasteiger partial charge in [0.2, 0.25) is 5.91 Å². The molecule has 3 rings (SSSR count). The molecular weight excluding hydrogens is 328 g/mol. The second-order valence-electron chi connectivity index (χ2n) is 7.42. The van der Waals surface area contributed by atoms with E-state index in [4.69, 9.17) is 0 Å². The lowest BCUT2D eigenvalue weighted by molar-refractivity contribution is -0.123. The predicted molar refractivity (Wildman–Crippen MR) is 102 cm³/mol. The van der Waals surface area contributed by atoms with E-state index in [1.54, 1.807) is 7.05 Å². The van der Waals surface area contributed by atoms with Crippen LogP contribution in [0.1, 0.15) is 41.6 Å². The van der Waals surface area contributed by atoms with Crippen LogP contribution in [0.2, 0.25) is 0 Å². The smallest absolute Gasteiger partial charge is 0.251 e. The zero-order valence-corrected chi connectivity index (χ0v) is 15.6. The van der Waals surface area contributed by atoms with E-state index >= 15 is 0 Å². The van der Waals surface area contributed by atoms with Crippen LogP contribution in [0, 0.1) is 5.92 Å². The maximum absolute atomic E-state index is 12.2. The van der Waals surface area contributed by atoms with Gasteiger partial charge in [-0.3, -0.25) is 14.5 Å². The van der Waals surface area contributed by atoms with E-state index in [2.05, 4.69) is 26.9 Å². The second-order valence-corrected chi connectivity index (χ2v) is 7.42. The summed E-state index contributed by atoms with van der Waals surface area (Å²) in [7, 11) is 1.65. The summed E-state index contributed by atoms with van der Waals surface area (Å²) in [5.74, 6) is 0.598. The maximum atomic E-state index is 12.2. The Hall–Kier alpha value is -1.92. The standard InChI is InChI=1S/C20H30N4O2/c1-21-19(25)17-7-2-5-15(11-17)13-24-10-4-6-16(14-24)12-23-20(26)18-8-3-9-22-18/h2,5,7,11,16,18,22H,3-4,6,8-10,12-14H2,1H3,(H,21,25)(H,23,26). The molecule has 0 aromatic heterocycles. The summed E-state index contributed by atoms with van der Waals surface area (Å²) >= 11 is 0. The Bertz CT molecular complexity index is 628. The van der Waals surface area contributed by atoms with Crippen molar-refractivity contribution in [3.63, 3.8) is 0 Å². The minimum Gasteiger partial charge on any atom is -0.355 e. The van der Waals surface area contributed by atoms with E-state index in [0.717, 1.165) is 64.0 Å². The van der Waals surface area contributed by atoms with Crippen LogP contribution in [-0.2, 0) is 11.3 Å². The number of hydrogen-bond donors (Lipinski definition) is 3. The molecule has 0 aliphatic carbocycles. The van der Waals surface area contributed by atoms with Gasteiger partial charge in [-0.05, 0) is 62.4 Å². The van der Waals surface area contributed by atoms with Gasteiger partial charge in [0, 0.05) is 32.2 Å². The monoisotopic (exact) mass is 358 g/mol. The molecule has 1 aromatic carbocycles. The van der Waals surface area contributed by atoms with Gasteiger partial charge in [0.25, 0.3) is 5.91 Å². The molecule has 6 nitrogen and oxygen atoms in total. The lowest BCUT2D eigenvalue weighted by Gasteiger charge is -2.33. The molecule has 0 spiro atoms. The highest BCUT2D eigenvalue weighted by molar-refractivity contribution is 5.94. The van der Waals surface area contributed by atoms with Gasteiger partial charge in [-0.25, -0.2) is 0 Å². The average molecular weight is 358 g/mol. The van der Waals surface area contributed by atoms with Crippen LogP contribution in [0.25, 0.3) is 0 Å². The molecule has 2 amide bonds. The third kappa shape index (κ3) is 5.05. The number of likely N-dealkylation sites (tertiary alicyclic amines) is 1. The Morgan fingerprint density at radius 3 is 2.92 bits per heavy atom. The van der Waals surface area contributed by atoms with Crippen LogP contribution < -0.4 is 16.0 Å². The molecule has 2 saturated heterocycles. The number of benzene rings is 1. The van der Waals surface area contributed by atoms with E-state index in [9.17, 15) is 9.59 Å². The first kappa shape index (κ1) is 18.9. The molecule has 3 N–H and O–H groups in total. The van der Waals surface area contributed by atoms with Crippen molar-refractivity contribution in [2.24, 2.45) is 5.92 Å². The fourth-order valence-electron chi connectivity index (χ4n) is 3.95. The fourth-order valence-corrected chi connectivity index (χ4v) is 3.95. The predicted octanol–water partition coefficient (Wildman–Crippen LogP) is 1.13. The Morgan fingerprint density at radius 1 is 1.27 bits per heavy atom. The lowest BCUT2D eigenvalue weighted by Crippen LogP contribution is -2.45. The third-order valence-electron chi connectivity index (χ3n) is 5.37. The summed E-state index contributed by atoms with van der Waals surface area (Å²) in [4.78, 5) is 26.4. The third-order valence-corrected chi connectivity index (χ3v) is 5.37. The number of piperidine rings is 1. The fraction of sp³-hybridized carbons (Fsp3) is 0.600. The quantitative estimate of drug-likeness (QED) is 0.713. The van der Waals surface area contributed by atoms with Crippen LogP contribution in [0.4, 0.5) is 0 Å². The molecule has 6 heteroatoms. The summed E-state index contributed by atoms with van der Waals surface area (Å²) in [5, 5.41) is 9.05. The molecule has 1 aromatic rings. The van der Waals surface area contributed by atoms with Crippen molar-refractivity contribution < 1.29 is 9.59 Å². The SMILES string of the molecule is CNC(=O)c1cccc(CN2CCCC(CNC(=O)C3CCCN3)C2)c1. The largest absolute Gasteiger partial charge is 0.355 e. The highest BCUT2D eigenvalue weighted by Gasteiger charge is 2.24. The summed E-state index contributed by atoms with van der Waals surface area (Å²) in [6.07, 6.45) is 4.35. The first-order valence-electron chi connectivity index (χ1n) is 9.70. The van der Waals surface area contributed by atoms with Crippen LogP contribution in [0.15, 0.2) is 24.3 Å². The highest BCUT2D eigenvalue weighted by Crippen LogP contribution is 2.19. The summed E-state index contributed by atoms with van der Waals surface area (Å²) in [6, 6.07) is 7.83. The van der Waals surface area contributed by atoms with E-state index in [1.165, 1.54) is 0 Å². The molecule has 2 fully saturated rings. The molecule has 142 valence electrons. The first-order chi connectivity index (χ1) is 12.7. The molecule has 2 heterocycles. The minimum atomic E-state index is -0.0494. The second kappa shape index (κ2) is 9.14. The Balaban J connectivity index is 1.49. The van der Waals surface area contributed by atoms with Gasteiger partial charge in [-0.2, -0.15) is 0 Å². The van der Waals surface area contributed by atoms with Gasteiger partial charge in [-0.1, -0.05) is 12.1 Å². The molecule has 2 aliphatic rings. The molecule has 2 unspecified atom stereocenters. The van der Waals surface area contributed by atoms with Crippen molar-refractivity contribution in [2.45, 2.75) is 38.3 Å². The summed E-state index contributed by atoms with van der Waals surface area (Å²) in [6.45, 7) is 4.61. The molecule has 2 aliphatic heterocycles. The number of nitrogens with zero attached hydrogens (tertiary/aromatic N) is 1. The normalized spacial score (nSPS) is 23.6. The van der Waals surface area contributed by atoms with Gasteiger partial charge in [-0.15, -0.1) is 0 Å². The van der Waals surface area contributed by atoms with Gasteiger partial charge in [0.15, 0.2) is 0 Å². The number of nitrogens with one attached hydrogen (secondary N) is 3. The maximum Gasteiger partial charge on any atom is 0.251 e. The van der Waals surface area contributed by atoms with Crippen molar-refractivity contribution in [3.8, 4) is 0 Å². The Labute approximate surface area is 155 Å². The molecule has 0 saturated carbocycles. The van der Waals surface area contributed by atoms with Crippen LogP contribution in [0.3, 0.4) is 0 Å². The zero-order chi connectivity index (χ0) is 18.4. The Morgan fingerprint density at radius 2 is 2.15 bits per heavy atom. The van der Waals surface area contributed by atoms with Gasteiger partial charge < -0.3 is 16.0 Å². The topological polar surface area (TPSA) is 73.5 Å². The van der Waals surface area contributed by atoms with Gasteiger partial charge in [0.1, 0.15) is 0 Å². The molecule has 0 radical (unpaired) electrons. The van der Waals surface area contributed by atoms with Gasteiger partial charge >= 0.3 is 0 Å². The minimum absolute atomic E-state index is 0.00199. The van der Waals surface area contributed by atoms with Crippen molar-refractivity contribution in [1.29, 1.82) is 0 Å². The van der Waals surface area contributed by atoms with Crippen LogP contribution in [-0.4, -0.2) is 56.0 Å². The first-order valence-corrected chi connectivity index (χ1v) is 9.70. The molecular formula is C20H30N4O2. The summed E-state index contributed by atoms with van der Waals surface area (Å²) < 4.78 is 0. The van der Waals surface area contributed by atoms with Crippen molar-refractivity contribution in [2.75, 3.05) is 33.2 Å². The van der Waals surface area contributed by atoms with E-state index in [-0.39, 0.29) is 17.9 Å². The number of carbonyl (C=O) groups excluding carboxylic acids is 2. The number of amides is 2. The van der Waals surface area contributed by atoms with Crippen LogP contribution in [0.5, 0.6) is 0 Å². The van der Waals surface area contributed by atoms with Crippen LogP contribution >= 0.6 is 0 Å². The van der Waals surface area contributed by atoms with Crippen molar-refractivity contribution >= 4 is 11.8 Å². The van der Waals surface area contributed by atoms with E-state index in [0.29, 0.717) is 11.5 Å². The Kier molecular flexibility index (Phi) is 6.63. The van der Waals surface area contributed by atoms with Crippen molar-refractivity contribution in [3.05, 3.63) is 35.4 Å². The lowest BCUT2D eigenvalue weighted by atomic mass is 9.97. The molecule has 26 heavy (non-hydrogen) atoms. The van der Waals surface area contributed by atoms with E-state index < -0.39 is 0 Å². The summed E-state index contributed by atoms with van der Waals surface area (Å²) in [5.41, 5.74) is 1.86. The molecule has 0 bridgehead atoms. The van der Waals surface area contributed by atoms with Crippen molar-refractivity contribution in [1.82, 2.24) is 20.9 Å². The van der Waals surface area contributed by atoms with Gasteiger partial charge in [0.05, 0.1) is 6.04 Å².